The lowest BCUT2D eigenvalue weighted by Crippen LogP contribution is -1.99. The van der Waals surface area contributed by atoms with Gasteiger partial charge in [-0.25, -0.2) is 9.97 Å². The van der Waals surface area contributed by atoms with Crippen molar-refractivity contribution in [1.82, 2.24) is 9.97 Å². The zero-order valence-electron chi connectivity index (χ0n) is 14.8. The van der Waals surface area contributed by atoms with Gasteiger partial charge in [-0.1, -0.05) is 24.3 Å². The standard InChI is InChI=1S/C20H14N4O3S/c1-21-13-8-15-16(9-14(13)22-2)24-20-12-6-7-17(28(25,26)27)10-4-3-5-11(18(10)12)19(20)23-15/h3-9,21H,2H2,1H3,(H,25,26,27). The van der Waals surface area contributed by atoms with E-state index in [9.17, 15) is 13.0 Å². The molecule has 3 aromatic carbocycles. The van der Waals surface area contributed by atoms with Crippen molar-refractivity contribution in [2.24, 2.45) is 4.99 Å². The summed E-state index contributed by atoms with van der Waals surface area (Å²) in [6.45, 7) is 3.60. The Bertz CT molecular complexity index is 1450. The van der Waals surface area contributed by atoms with Crippen molar-refractivity contribution in [2.75, 3.05) is 12.4 Å². The number of benzene rings is 3. The zero-order chi connectivity index (χ0) is 19.6. The number of anilines is 1. The second kappa shape index (κ2) is 5.57. The predicted octanol–water partition coefficient (Wildman–Crippen LogP) is 4.05. The van der Waals surface area contributed by atoms with E-state index < -0.39 is 10.1 Å². The van der Waals surface area contributed by atoms with Crippen LogP contribution in [0.25, 0.3) is 44.3 Å². The minimum absolute atomic E-state index is 0.124. The number of aliphatic imine (C=N–C) groups is 1. The van der Waals surface area contributed by atoms with Crippen molar-refractivity contribution in [2.45, 2.75) is 4.90 Å². The van der Waals surface area contributed by atoms with Gasteiger partial charge in [0.25, 0.3) is 10.1 Å². The van der Waals surface area contributed by atoms with Crippen LogP contribution in [0.3, 0.4) is 0 Å². The third-order valence-electron chi connectivity index (χ3n) is 5.01. The maximum atomic E-state index is 11.8. The summed E-state index contributed by atoms with van der Waals surface area (Å²) in [7, 11) is -2.55. The van der Waals surface area contributed by atoms with Crippen LogP contribution in [-0.2, 0) is 10.1 Å². The first-order valence-corrected chi connectivity index (χ1v) is 9.90. The maximum absolute atomic E-state index is 11.8. The van der Waals surface area contributed by atoms with Crippen LogP contribution in [0.1, 0.15) is 0 Å². The Balaban J connectivity index is 1.89. The van der Waals surface area contributed by atoms with Crippen molar-refractivity contribution >= 4 is 50.0 Å². The summed E-state index contributed by atoms with van der Waals surface area (Å²) in [5.74, 6) is 0. The largest absolute Gasteiger partial charge is 0.386 e. The average molecular weight is 390 g/mol. The molecule has 1 aliphatic carbocycles. The van der Waals surface area contributed by atoms with Crippen LogP contribution in [0.2, 0.25) is 0 Å². The van der Waals surface area contributed by atoms with Gasteiger partial charge in [-0.2, -0.15) is 8.42 Å². The maximum Gasteiger partial charge on any atom is 0.295 e. The smallest absolute Gasteiger partial charge is 0.295 e. The SMILES string of the molecule is C=Nc1cc2nc3c(nc2cc1NC)-c1cccc2c(S(=O)(=O)O)ccc-3c12. The Kier molecular flexibility index (Phi) is 3.34. The highest BCUT2D eigenvalue weighted by molar-refractivity contribution is 7.86. The molecule has 0 atom stereocenters. The highest BCUT2D eigenvalue weighted by Gasteiger charge is 2.28. The molecule has 2 N–H and O–H groups in total. The lowest BCUT2D eigenvalue weighted by atomic mass is 10.0. The van der Waals surface area contributed by atoms with Crippen LogP contribution in [0.5, 0.6) is 0 Å². The van der Waals surface area contributed by atoms with E-state index in [0.29, 0.717) is 33.5 Å². The van der Waals surface area contributed by atoms with Gasteiger partial charge < -0.3 is 5.32 Å². The molecule has 28 heavy (non-hydrogen) atoms. The van der Waals surface area contributed by atoms with Crippen molar-refractivity contribution in [3.8, 4) is 22.5 Å². The zero-order valence-corrected chi connectivity index (χ0v) is 15.6. The molecule has 0 radical (unpaired) electrons. The molecule has 1 aliphatic rings. The summed E-state index contributed by atoms with van der Waals surface area (Å²) in [5.41, 5.74) is 5.75. The van der Waals surface area contributed by atoms with Gasteiger partial charge in [-0.05, 0) is 24.9 Å². The minimum Gasteiger partial charge on any atom is -0.386 e. The third-order valence-corrected chi connectivity index (χ3v) is 5.92. The molecule has 0 saturated heterocycles. The van der Waals surface area contributed by atoms with Crippen LogP contribution in [0, 0.1) is 0 Å². The van der Waals surface area contributed by atoms with Crippen molar-refractivity contribution in [1.29, 1.82) is 0 Å². The normalized spacial score (nSPS) is 12.4. The number of rotatable bonds is 3. The second-order valence-corrected chi connectivity index (χ2v) is 7.89. The molecule has 8 heteroatoms. The Morgan fingerprint density at radius 1 is 1.04 bits per heavy atom. The number of nitrogens with zero attached hydrogens (tertiary/aromatic N) is 3. The van der Waals surface area contributed by atoms with Crippen molar-refractivity contribution in [3.05, 3.63) is 42.5 Å². The molecule has 1 heterocycles. The van der Waals surface area contributed by atoms with Crippen molar-refractivity contribution in [3.63, 3.8) is 0 Å². The van der Waals surface area contributed by atoms with E-state index in [1.807, 2.05) is 18.2 Å². The number of nitrogens with one attached hydrogen (secondary N) is 1. The fraction of sp³-hybridized carbons (Fsp3) is 0.0500. The molecular weight excluding hydrogens is 376 g/mol. The predicted molar refractivity (Wildman–Crippen MR) is 110 cm³/mol. The summed E-state index contributed by atoms with van der Waals surface area (Å²) >= 11 is 0. The first kappa shape index (κ1) is 16.8. The molecule has 7 nitrogen and oxygen atoms in total. The van der Waals surface area contributed by atoms with Gasteiger partial charge in [0.05, 0.1) is 33.8 Å². The second-order valence-electron chi connectivity index (χ2n) is 6.50. The number of hydrogen-bond donors (Lipinski definition) is 2. The van der Waals surface area contributed by atoms with E-state index in [2.05, 4.69) is 17.0 Å². The average Bonchev–Trinajstić information content (AvgIpc) is 2.99. The van der Waals surface area contributed by atoms with Crippen LogP contribution in [0.4, 0.5) is 11.4 Å². The number of fused-ring (bicyclic) bond motifs is 4. The Hall–Kier alpha value is -3.36. The summed E-state index contributed by atoms with van der Waals surface area (Å²) in [6.07, 6.45) is 0. The Morgan fingerprint density at radius 3 is 2.36 bits per heavy atom. The van der Waals surface area contributed by atoms with E-state index in [0.717, 1.165) is 22.2 Å². The lowest BCUT2D eigenvalue weighted by Gasteiger charge is -2.08. The van der Waals surface area contributed by atoms with Crippen LogP contribution >= 0.6 is 0 Å². The van der Waals surface area contributed by atoms with Gasteiger partial charge in [-0.3, -0.25) is 9.55 Å². The van der Waals surface area contributed by atoms with Gasteiger partial charge in [-0.15, -0.1) is 0 Å². The van der Waals surface area contributed by atoms with Crippen LogP contribution < -0.4 is 5.32 Å². The monoisotopic (exact) mass is 390 g/mol. The van der Waals surface area contributed by atoms with Gasteiger partial charge in [0.1, 0.15) is 4.90 Å². The molecule has 0 saturated carbocycles. The van der Waals surface area contributed by atoms with E-state index in [4.69, 9.17) is 9.97 Å². The molecule has 1 aromatic heterocycles. The van der Waals surface area contributed by atoms with E-state index in [1.54, 1.807) is 25.2 Å². The lowest BCUT2D eigenvalue weighted by molar-refractivity contribution is 0.484. The molecule has 0 amide bonds. The van der Waals surface area contributed by atoms with E-state index in [-0.39, 0.29) is 4.90 Å². The van der Waals surface area contributed by atoms with E-state index in [1.165, 1.54) is 6.07 Å². The van der Waals surface area contributed by atoms with Crippen molar-refractivity contribution < 1.29 is 13.0 Å². The van der Waals surface area contributed by atoms with Crippen LogP contribution in [0.15, 0.2) is 52.4 Å². The summed E-state index contributed by atoms with van der Waals surface area (Å²) in [6, 6.07) is 12.0. The fourth-order valence-electron chi connectivity index (χ4n) is 3.80. The molecule has 138 valence electrons. The number of aromatic nitrogens is 2. The van der Waals surface area contributed by atoms with Gasteiger partial charge in [0, 0.05) is 28.9 Å². The van der Waals surface area contributed by atoms with E-state index >= 15 is 0 Å². The summed E-state index contributed by atoms with van der Waals surface area (Å²) < 4.78 is 33.2. The van der Waals surface area contributed by atoms with Gasteiger partial charge >= 0.3 is 0 Å². The fourth-order valence-corrected chi connectivity index (χ4v) is 4.49. The quantitative estimate of drug-likeness (QED) is 0.356. The Morgan fingerprint density at radius 2 is 1.71 bits per heavy atom. The summed E-state index contributed by atoms with van der Waals surface area (Å²) in [5, 5.41) is 4.24. The molecule has 0 aliphatic heterocycles. The first-order valence-electron chi connectivity index (χ1n) is 8.46. The molecular formula is C20H14N4O3S. The third kappa shape index (κ3) is 2.19. The Labute approximate surface area is 160 Å². The van der Waals surface area contributed by atoms with Gasteiger partial charge in [0.15, 0.2) is 0 Å². The first-order chi connectivity index (χ1) is 13.4. The molecule has 0 unspecified atom stereocenters. The topological polar surface area (TPSA) is 105 Å². The molecule has 0 fully saturated rings. The van der Waals surface area contributed by atoms with Crippen LogP contribution in [-0.4, -0.2) is 36.7 Å². The highest BCUT2D eigenvalue weighted by atomic mass is 32.2. The molecule has 4 aromatic rings. The van der Waals surface area contributed by atoms with Gasteiger partial charge in [0.2, 0.25) is 0 Å². The number of hydrogen-bond acceptors (Lipinski definition) is 6. The molecule has 0 spiro atoms. The molecule has 5 rings (SSSR count). The minimum atomic E-state index is -4.35. The summed E-state index contributed by atoms with van der Waals surface area (Å²) in [4.78, 5) is 13.5. The highest BCUT2D eigenvalue weighted by Crippen LogP contribution is 2.47. The molecule has 0 bridgehead atoms.